The van der Waals surface area contributed by atoms with E-state index < -0.39 is 16.8 Å². The molecule has 0 bridgehead atoms. The predicted octanol–water partition coefficient (Wildman–Crippen LogP) is 0.502. The van der Waals surface area contributed by atoms with Gasteiger partial charge in [0.1, 0.15) is 11.5 Å². The van der Waals surface area contributed by atoms with Crippen molar-refractivity contribution in [2.75, 3.05) is 17.7 Å². The second-order valence-electron chi connectivity index (χ2n) is 5.57. The summed E-state index contributed by atoms with van der Waals surface area (Å²) in [7, 11) is 1.44. The van der Waals surface area contributed by atoms with Gasteiger partial charge in [-0.2, -0.15) is 0 Å². The molecule has 1 unspecified atom stereocenters. The van der Waals surface area contributed by atoms with Gasteiger partial charge in [0, 0.05) is 25.7 Å². The largest absolute Gasteiger partial charge is 0.396 e. The lowest BCUT2D eigenvalue weighted by Gasteiger charge is -2.31. The highest BCUT2D eigenvalue weighted by Crippen LogP contribution is 2.22. The van der Waals surface area contributed by atoms with Crippen molar-refractivity contribution in [3.8, 4) is 0 Å². The van der Waals surface area contributed by atoms with Gasteiger partial charge < -0.3 is 16.2 Å². The zero-order valence-electron chi connectivity index (χ0n) is 13.3. The summed E-state index contributed by atoms with van der Waals surface area (Å²) < 4.78 is 2.46. The lowest BCUT2D eigenvalue weighted by molar-refractivity contribution is 0.252. The Morgan fingerprint density at radius 2 is 1.95 bits per heavy atom. The SMILES string of the molecule is CCCn1c(N)c(NC(C)(CC)CCO)c(=O)n(C)c1=O. The quantitative estimate of drug-likeness (QED) is 0.680. The van der Waals surface area contributed by atoms with Crippen molar-refractivity contribution in [3.05, 3.63) is 20.8 Å². The van der Waals surface area contributed by atoms with Crippen molar-refractivity contribution >= 4 is 11.5 Å². The molecule has 0 saturated carbocycles. The van der Waals surface area contributed by atoms with Crippen LogP contribution in [0.5, 0.6) is 0 Å². The number of hydrogen-bond acceptors (Lipinski definition) is 5. The molecule has 0 fully saturated rings. The molecule has 0 aromatic carbocycles. The van der Waals surface area contributed by atoms with Crippen molar-refractivity contribution in [2.24, 2.45) is 7.05 Å². The number of rotatable bonds is 7. The van der Waals surface area contributed by atoms with Gasteiger partial charge in [-0.3, -0.25) is 13.9 Å². The molecule has 0 saturated heterocycles. The molecule has 1 atom stereocenters. The summed E-state index contributed by atoms with van der Waals surface area (Å²) in [4.78, 5) is 24.4. The topological polar surface area (TPSA) is 102 Å². The van der Waals surface area contributed by atoms with Gasteiger partial charge in [0.05, 0.1) is 0 Å². The van der Waals surface area contributed by atoms with Gasteiger partial charge in [0.25, 0.3) is 5.56 Å². The highest BCUT2D eigenvalue weighted by molar-refractivity contribution is 5.61. The van der Waals surface area contributed by atoms with Crippen LogP contribution in [0.1, 0.15) is 40.0 Å². The van der Waals surface area contributed by atoms with Gasteiger partial charge >= 0.3 is 5.69 Å². The lowest BCUT2D eigenvalue weighted by Crippen LogP contribution is -2.44. The molecule has 0 radical (unpaired) electrons. The molecular weight excluding hydrogens is 272 g/mol. The van der Waals surface area contributed by atoms with E-state index in [0.29, 0.717) is 19.4 Å². The van der Waals surface area contributed by atoms with Gasteiger partial charge in [-0.05, 0) is 26.2 Å². The van der Waals surface area contributed by atoms with Gasteiger partial charge in [0.2, 0.25) is 0 Å². The second-order valence-corrected chi connectivity index (χ2v) is 5.57. The first-order chi connectivity index (χ1) is 9.81. The highest BCUT2D eigenvalue weighted by Gasteiger charge is 2.25. The standard InChI is InChI=1S/C14H26N4O3/c1-5-8-18-11(15)10(12(20)17(4)13(18)21)16-14(3,6-2)7-9-19/h16,19H,5-9,15H2,1-4H3. The van der Waals surface area contributed by atoms with E-state index in [-0.39, 0.29) is 18.1 Å². The van der Waals surface area contributed by atoms with Crippen LogP contribution < -0.4 is 22.3 Å². The van der Waals surface area contributed by atoms with Crippen LogP contribution in [0.2, 0.25) is 0 Å². The number of nitrogens with zero attached hydrogens (tertiary/aromatic N) is 2. The first-order valence-corrected chi connectivity index (χ1v) is 7.29. The Labute approximate surface area is 124 Å². The molecule has 7 heteroatoms. The molecule has 1 heterocycles. The first kappa shape index (κ1) is 17.3. The molecule has 0 aliphatic carbocycles. The first-order valence-electron chi connectivity index (χ1n) is 7.29. The molecule has 4 N–H and O–H groups in total. The molecule has 1 aromatic rings. The van der Waals surface area contributed by atoms with E-state index in [2.05, 4.69) is 5.32 Å². The fourth-order valence-electron chi connectivity index (χ4n) is 2.22. The minimum absolute atomic E-state index is 0.00611. The minimum Gasteiger partial charge on any atom is -0.396 e. The third-order valence-corrected chi connectivity index (χ3v) is 3.90. The molecule has 1 aromatic heterocycles. The fraction of sp³-hybridized carbons (Fsp3) is 0.714. The Morgan fingerprint density at radius 1 is 1.33 bits per heavy atom. The zero-order chi connectivity index (χ0) is 16.2. The number of nitrogens with two attached hydrogens (primary N) is 1. The smallest absolute Gasteiger partial charge is 0.332 e. The molecule has 1 rings (SSSR count). The molecule has 0 amide bonds. The van der Waals surface area contributed by atoms with Gasteiger partial charge in [-0.15, -0.1) is 0 Å². The lowest BCUT2D eigenvalue weighted by atomic mass is 9.94. The number of nitrogen functional groups attached to an aromatic ring is 1. The second kappa shape index (κ2) is 6.80. The van der Waals surface area contributed by atoms with Crippen LogP contribution in [-0.4, -0.2) is 26.4 Å². The Kier molecular flexibility index (Phi) is 5.60. The van der Waals surface area contributed by atoms with E-state index in [9.17, 15) is 14.7 Å². The summed E-state index contributed by atoms with van der Waals surface area (Å²) in [6, 6.07) is 0. The van der Waals surface area contributed by atoms with Crippen LogP contribution >= 0.6 is 0 Å². The number of nitrogens with one attached hydrogen (secondary N) is 1. The molecule has 0 aliphatic heterocycles. The average molecular weight is 298 g/mol. The molecule has 0 aliphatic rings. The maximum atomic E-state index is 12.3. The summed E-state index contributed by atoms with van der Waals surface area (Å²) in [6.45, 7) is 6.28. The predicted molar refractivity (Wildman–Crippen MR) is 84.7 cm³/mol. The maximum absolute atomic E-state index is 12.3. The van der Waals surface area contributed by atoms with Crippen LogP contribution in [0.15, 0.2) is 9.59 Å². The summed E-state index contributed by atoms with van der Waals surface area (Å²) in [5.74, 6) is 0.155. The van der Waals surface area contributed by atoms with Crippen LogP contribution in [-0.2, 0) is 13.6 Å². The number of aromatic nitrogens is 2. The summed E-state index contributed by atoms with van der Waals surface area (Å²) in [5.41, 5.74) is 4.94. The third-order valence-electron chi connectivity index (χ3n) is 3.90. The van der Waals surface area contributed by atoms with Crippen molar-refractivity contribution in [2.45, 2.75) is 52.1 Å². The van der Waals surface area contributed by atoms with E-state index in [1.165, 1.54) is 11.6 Å². The van der Waals surface area contributed by atoms with Gasteiger partial charge in [0.15, 0.2) is 0 Å². The van der Waals surface area contributed by atoms with Crippen molar-refractivity contribution in [1.29, 1.82) is 0 Å². The van der Waals surface area contributed by atoms with Crippen molar-refractivity contribution < 1.29 is 5.11 Å². The van der Waals surface area contributed by atoms with Crippen LogP contribution in [0, 0.1) is 0 Å². The van der Waals surface area contributed by atoms with Gasteiger partial charge in [-0.1, -0.05) is 13.8 Å². The van der Waals surface area contributed by atoms with Crippen molar-refractivity contribution in [3.63, 3.8) is 0 Å². The number of anilines is 2. The summed E-state index contributed by atoms with van der Waals surface area (Å²) in [6.07, 6.45) is 1.94. The zero-order valence-corrected chi connectivity index (χ0v) is 13.3. The summed E-state index contributed by atoms with van der Waals surface area (Å²) in [5, 5.41) is 12.3. The number of hydrogen-bond donors (Lipinski definition) is 3. The minimum atomic E-state index is -0.455. The van der Waals surface area contributed by atoms with E-state index in [0.717, 1.165) is 11.0 Å². The molecule has 0 spiro atoms. The van der Waals surface area contributed by atoms with Crippen LogP contribution in [0.3, 0.4) is 0 Å². The van der Waals surface area contributed by atoms with E-state index in [1.807, 2.05) is 20.8 Å². The fourth-order valence-corrected chi connectivity index (χ4v) is 2.22. The average Bonchev–Trinajstić information content (AvgIpc) is 2.46. The Balaban J connectivity index is 3.43. The molecule has 21 heavy (non-hydrogen) atoms. The monoisotopic (exact) mass is 298 g/mol. The van der Waals surface area contributed by atoms with E-state index in [1.54, 1.807) is 0 Å². The molecule has 7 nitrogen and oxygen atoms in total. The van der Waals surface area contributed by atoms with Gasteiger partial charge in [-0.25, -0.2) is 4.79 Å². The molecular formula is C14H26N4O3. The Bertz CT molecular complexity index is 605. The summed E-state index contributed by atoms with van der Waals surface area (Å²) >= 11 is 0. The van der Waals surface area contributed by atoms with Crippen LogP contribution in [0.4, 0.5) is 11.5 Å². The Hall–Kier alpha value is -1.76. The molecule has 120 valence electrons. The maximum Gasteiger partial charge on any atom is 0.332 e. The van der Waals surface area contributed by atoms with Crippen LogP contribution in [0.25, 0.3) is 0 Å². The highest BCUT2D eigenvalue weighted by atomic mass is 16.3. The van der Waals surface area contributed by atoms with Crippen molar-refractivity contribution in [1.82, 2.24) is 9.13 Å². The van der Waals surface area contributed by atoms with E-state index in [4.69, 9.17) is 5.73 Å². The third kappa shape index (κ3) is 3.47. The normalized spacial score (nSPS) is 14.0. The Morgan fingerprint density at radius 3 is 2.43 bits per heavy atom. The number of aliphatic hydroxyl groups excluding tert-OH is 1. The number of aliphatic hydroxyl groups is 1. The van der Waals surface area contributed by atoms with E-state index >= 15 is 0 Å².